The second kappa shape index (κ2) is 10.0. The minimum absolute atomic E-state index is 0.285. The molecule has 13 heteroatoms. The fourth-order valence-corrected chi connectivity index (χ4v) is 4.80. The number of urea groups is 1. The van der Waals surface area contributed by atoms with Crippen molar-refractivity contribution in [3.63, 3.8) is 0 Å². The number of nitrogens with zero attached hydrogens (tertiary/aromatic N) is 5. The van der Waals surface area contributed by atoms with Gasteiger partial charge in [-0.1, -0.05) is 23.7 Å². The smallest absolute Gasteiger partial charge is 0.343 e. The molecule has 0 saturated carbocycles. The number of thiazole rings is 1. The molecule has 0 radical (unpaired) electrons. The monoisotopic (exact) mass is 525 g/mol. The second-order valence-electron chi connectivity index (χ2n) is 7.77. The number of carbonyl (C=O) groups excluding carboxylic acids is 1. The van der Waals surface area contributed by atoms with Crippen LogP contribution in [0.2, 0.25) is 0 Å². The van der Waals surface area contributed by atoms with Crippen LogP contribution in [0, 0.1) is 0 Å². The average Bonchev–Trinajstić information content (AvgIpc) is 3.34. The molecule has 1 aromatic carbocycles. The largest absolute Gasteiger partial charge is 0.465 e. The van der Waals surface area contributed by atoms with E-state index in [4.69, 9.17) is 21.3 Å². The van der Waals surface area contributed by atoms with Crippen LogP contribution in [0.15, 0.2) is 40.9 Å². The van der Waals surface area contributed by atoms with Crippen LogP contribution in [0.5, 0.6) is 5.88 Å². The summed E-state index contributed by atoms with van der Waals surface area (Å²) in [5.74, 6) is 0.620. The van der Waals surface area contributed by atoms with Crippen molar-refractivity contribution in [1.29, 1.82) is 0 Å². The normalized spacial score (nSPS) is 13.6. The van der Waals surface area contributed by atoms with Gasteiger partial charge in [-0.15, -0.1) is 11.3 Å². The van der Waals surface area contributed by atoms with Crippen LogP contribution in [0.1, 0.15) is 31.7 Å². The van der Waals surface area contributed by atoms with Crippen LogP contribution in [0.3, 0.4) is 0 Å². The Kier molecular flexibility index (Phi) is 6.63. The van der Waals surface area contributed by atoms with Crippen molar-refractivity contribution in [2.45, 2.75) is 25.9 Å². The Morgan fingerprint density at radius 3 is 2.97 bits per heavy atom. The van der Waals surface area contributed by atoms with E-state index in [-0.39, 0.29) is 11.4 Å². The maximum atomic E-state index is 13.8. The number of anilines is 1. The van der Waals surface area contributed by atoms with Gasteiger partial charge in [-0.2, -0.15) is 4.98 Å². The van der Waals surface area contributed by atoms with E-state index in [1.807, 2.05) is 6.08 Å². The zero-order chi connectivity index (χ0) is 25.2. The minimum atomic E-state index is -0.703. The summed E-state index contributed by atoms with van der Waals surface area (Å²) in [4.78, 5) is 48.6. The molecule has 0 fully saturated rings. The number of aromatic nitrogens is 5. The van der Waals surface area contributed by atoms with E-state index in [9.17, 15) is 9.59 Å². The zero-order valence-corrected chi connectivity index (χ0v) is 20.8. The van der Waals surface area contributed by atoms with Gasteiger partial charge in [0.25, 0.3) is 5.56 Å². The summed E-state index contributed by atoms with van der Waals surface area (Å²) in [6.07, 6.45) is 3.82. The van der Waals surface area contributed by atoms with Crippen LogP contribution >= 0.6 is 22.9 Å². The van der Waals surface area contributed by atoms with Gasteiger partial charge in [0.05, 0.1) is 28.9 Å². The standard InChI is InChI=1S/C23H20ClN7O4S/c1-12(35-20-18-21(26-10-25-20)36-11-27-18)19-29-16-8-4-7-15(24)17(16)22(32)31(19)14-6-3-5-13(9-14)28-23(33)30-34-2/h3,5-6,8-12H,4,7H2,1-2H3,(H2,28,30,33)/t12-/m0/s1. The van der Waals surface area contributed by atoms with Gasteiger partial charge in [-0.3, -0.25) is 14.2 Å². The lowest BCUT2D eigenvalue weighted by molar-refractivity contribution is 0.114. The number of ether oxygens (including phenoxy) is 1. The molecule has 0 unspecified atom stereocenters. The summed E-state index contributed by atoms with van der Waals surface area (Å²) < 4.78 is 7.59. The predicted molar refractivity (Wildman–Crippen MR) is 135 cm³/mol. The van der Waals surface area contributed by atoms with Gasteiger partial charge < -0.3 is 10.1 Å². The number of hydroxylamine groups is 1. The summed E-state index contributed by atoms with van der Waals surface area (Å²) in [5.41, 5.74) is 4.94. The van der Waals surface area contributed by atoms with E-state index < -0.39 is 12.1 Å². The third-order valence-electron chi connectivity index (χ3n) is 5.42. The number of fused-ring (bicyclic) bond motifs is 2. The molecule has 5 rings (SSSR count). The Morgan fingerprint density at radius 2 is 2.14 bits per heavy atom. The number of nitrogens with one attached hydrogen (secondary N) is 2. The number of hydrogen-bond donors (Lipinski definition) is 2. The summed E-state index contributed by atoms with van der Waals surface area (Å²) in [5, 5.41) is 3.95. The van der Waals surface area contributed by atoms with Gasteiger partial charge in [0, 0.05) is 10.7 Å². The topological polar surface area (TPSA) is 133 Å². The quantitative estimate of drug-likeness (QED) is 0.367. The van der Waals surface area contributed by atoms with Gasteiger partial charge >= 0.3 is 6.03 Å². The van der Waals surface area contributed by atoms with Gasteiger partial charge in [-0.25, -0.2) is 25.2 Å². The lowest BCUT2D eigenvalue weighted by Gasteiger charge is -2.20. The summed E-state index contributed by atoms with van der Waals surface area (Å²) in [7, 11) is 1.33. The number of benzene rings is 1. The molecule has 0 bridgehead atoms. The SMILES string of the molecule is CONC(=O)Nc1cccc(-n2c([C@H](C)Oc3ncnc4scnc34)nc3c(c2=O)=C(Cl)CCC=3)c1. The highest BCUT2D eigenvalue weighted by Gasteiger charge is 2.22. The highest BCUT2D eigenvalue weighted by Crippen LogP contribution is 2.27. The molecule has 1 aliphatic rings. The zero-order valence-electron chi connectivity index (χ0n) is 19.2. The fourth-order valence-electron chi connectivity index (χ4n) is 3.89. The molecule has 1 aliphatic carbocycles. The molecule has 3 heterocycles. The highest BCUT2D eigenvalue weighted by atomic mass is 35.5. The first kappa shape index (κ1) is 23.9. The molecule has 36 heavy (non-hydrogen) atoms. The minimum Gasteiger partial charge on any atom is -0.465 e. The third-order valence-corrected chi connectivity index (χ3v) is 6.53. The molecular formula is C23H20ClN7O4S. The first-order chi connectivity index (χ1) is 17.5. The van der Waals surface area contributed by atoms with Crippen LogP contribution in [-0.4, -0.2) is 37.6 Å². The molecule has 3 aromatic heterocycles. The summed E-state index contributed by atoms with van der Waals surface area (Å²) in [6, 6.07) is 6.20. The first-order valence-electron chi connectivity index (χ1n) is 10.9. The molecule has 11 nitrogen and oxygen atoms in total. The molecule has 2 amide bonds. The second-order valence-corrected chi connectivity index (χ2v) is 9.06. The Morgan fingerprint density at radius 1 is 1.28 bits per heavy atom. The van der Waals surface area contributed by atoms with Crippen molar-refractivity contribution in [2.24, 2.45) is 0 Å². The van der Waals surface area contributed by atoms with E-state index in [0.717, 1.165) is 0 Å². The average molecular weight is 526 g/mol. The van der Waals surface area contributed by atoms with Crippen molar-refractivity contribution in [3.05, 3.63) is 62.8 Å². The third kappa shape index (κ3) is 4.53. The van der Waals surface area contributed by atoms with Gasteiger partial charge in [0.15, 0.2) is 22.3 Å². The van der Waals surface area contributed by atoms with Crippen LogP contribution < -0.4 is 31.7 Å². The number of hydrogen-bond acceptors (Lipinski definition) is 9. The molecule has 0 spiro atoms. The van der Waals surface area contributed by atoms with Crippen LogP contribution in [0.4, 0.5) is 10.5 Å². The van der Waals surface area contributed by atoms with Gasteiger partial charge in [0.2, 0.25) is 5.88 Å². The lowest BCUT2D eigenvalue weighted by atomic mass is 10.1. The highest BCUT2D eigenvalue weighted by molar-refractivity contribution is 7.16. The molecule has 0 aliphatic heterocycles. The van der Waals surface area contributed by atoms with E-state index in [1.165, 1.54) is 29.3 Å². The number of halogens is 1. The molecule has 4 aromatic rings. The van der Waals surface area contributed by atoms with Gasteiger partial charge in [0.1, 0.15) is 6.33 Å². The van der Waals surface area contributed by atoms with E-state index in [2.05, 4.69) is 30.6 Å². The van der Waals surface area contributed by atoms with Crippen molar-refractivity contribution >= 4 is 56.1 Å². The Labute approximate surface area is 213 Å². The number of amides is 2. The van der Waals surface area contributed by atoms with Crippen molar-refractivity contribution in [2.75, 3.05) is 12.4 Å². The van der Waals surface area contributed by atoms with E-state index in [1.54, 1.807) is 36.7 Å². The van der Waals surface area contributed by atoms with Crippen molar-refractivity contribution in [1.82, 2.24) is 30.0 Å². The van der Waals surface area contributed by atoms with E-state index in [0.29, 0.717) is 56.0 Å². The Balaban J connectivity index is 1.65. The number of carbonyl (C=O) groups is 1. The maximum Gasteiger partial charge on any atom is 0.343 e. The Hall–Kier alpha value is -3.87. The molecule has 1 atom stereocenters. The summed E-state index contributed by atoms with van der Waals surface area (Å²) >= 11 is 7.84. The van der Waals surface area contributed by atoms with Crippen LogP contribution in [0.25, 0.3) is 27.1 Å². The Bertz CT molecular complexity index is 1650. The maximum absolute atomic E-state index is 13.8. The van der Waals surface area contributed by atoms with Crippen molar-refractivity contribution < 1.29 is 14.4 Å². The van der Waals surface area contributed by atoms with Crippen LogP contribution in [-0.2, 0) is 4.84 Å². The lowest BCUT2D eigenvalue weighted by Crippen LogP contribution is -2.50. The van der Waals surface area contributed by atoms with E-state index >= 15 is 0 Å². The molecule has 2 N–H and O–H groups in total. The van der Waals surface area contributed by atoms with Crippen molar-refractivity contribution in [3.8, 4) is 11.6 Å². The molecule has 0 saturated heterocycles. The van der Waals surface area contributed by atoms with Gasteiger partial charge in [-0.05, 0) is 38.0 Å². The molecular weight excluding hydrogens is 506 g/mol. The number of rotatable bonds is 6. The molecule has 184 valence electrons. The first-order valence-corrected chi connectivity index (χ1v) is 12.1. The summed E-state index contributed by atoms with van der Waals surface area (Å²) in [6.45, 7) is 1.77. The fraction of sp³-hybridized carbons (Fsp3) is 0.217. The predicted octanol–water partition coefficient (Wildman–Crippen LogP) is 2.38.